The molecule has 0 aliphatic heterocycles. The molecule has 10 heteroatoms. The van der Waals surface area contributed by atoms with E-state index in [9.17, 15) is 19.2 Å². The first-order valence-corrected chi connectivity index (χ1v) is 13.2. The molecule has 2 N–H and O–H groups in total. The summed E-state index contributed by atoms with van der Waals surface area (Å²) in [4.78, 5) is 51.8. The first kappa shape index (κ1) is 32.5. The number of amides is 1. The van der Waals surface area contributed by atoms with E-state index < -0.39 is 60.1 Å². The van der Waals surface area contributed by atoms with Gasteiger partial charge in [0.15, 0.2) is 6.04 Å². The fourth-order valence-corrected chi connectivity index (χ4v) is 4.01. The van der Waals surface area contributed by atoms with Crippen LogP contribution in [0.4, 0.5) is 0 Å². The molecule has 5 atom stereocenters. The van der Waals surface area contributed by atoms with E-state index in [1.807, 2.05) is 36.4 Å². The average molecular weight is 557 g/mol. The van der Waals surface area contributed by atoms with E-state index in [1.54, 1.807) is 52.1 Å². The van der Waals surface area contributed by atoms with Crippen molar-refractivity contribution in [3.63, 3.8) is 0 Å². The number of nitrogens with one attached hydrogen (secondary N) is 2. The number of hydrogen-bond donors (Lipinski definition) is 2. The van der Waals surface area contributed by atoms with E-state index in [2.05, 4.69) is 10.6 Å². The molecule has 2 rings (SSSR count). The van der Waals surface area contributed by atoms with Gasteiger partial charge in [-0.1, -0.05) is 74.5 Å². The highest BCUT2D eigenvalue weighted by molar-refractivity contribution is 5.87. The van der Waals surface area contributed by atoms with Gasteiger partial charge in [-0.3, -0.25) is 9.59 Å². The number of methoxy groups -OCH3 is 1. The minimum absolute atomic E-state index is 0.00698. The summed E-state index contributed by atoms with van der Waals surface area (Å²) < 4.78 is 22.1. The summed E-state index contributed by atoms with van der Waals surface area (Å²) in [7, 11) is 3.05. The predicted octanol–water partition coefficient (Wildman–Crippen LogP) is 2.58. The highest BCUT2D eigenvalue weighted by Crippen LogP contribution is 2.18. The Morgan fingerprint density at radius 2 is 1.32 bits per heavy atom. The zero-order chi connectivity index (χ0) is 29.7. The third-order valence-corrected chi connectivity index (χ3v) is 6.27. The molecule has 0 fully saturated rings. The van der Waals surface area contributed by atoms with Gasteiger partial charge in [-0.25, -0.2) is 9.59 Å². The largest absolute Gasteiger partial charge is 0.458 e. The number of carbonyl (C=O) groups is 4. The van der Waals surface area contributed by atoms with Crippen LogP contribution in [-0.2, 0) is 51.2 Å². The second-order valence-electron chi connectivity index (χ2n) is 9.74. The number of rotatable bonds is 15. The molecule has 0 aromatic heterocycles. The molecule has 0 saturated heterocycles. The standard InChI is InChI=1S/C30H40N2O8/c1-19(2)27(40-29(35)25(31-5)20(3)37-6)26(32-21(4)33)30(36)39-24(17-22-13-9-7-10-14-22)28(34)38-18-23-15-11-8-12-16-23/h7-16,19-20,24-27,31H,17-18H2,1-6H3,(H,32,33)/t20-,24-,25+,26+,27-/m1/s1. The number of hydrogen-bond acceptors (Lipinski definition) is 9. The lowest BCUT2D eigenvalue weighted by Crippen LogP contribution is -2.55. The van der Waals surface area contributed by atoms with Gasteiger partial charge in [0.05, 0.1) is 6.10 Å². The minimum atomic E-state index is -1.38. The van der Waals surface area contributed by atoms with Crippen molar-refractivity contribution in [3.05, 3.63) is 71.8 Å². The van der Waals surface area contributed by atoms with Gasteiger partial charge >= 0.3 is 17.9 Å². The van der Waals surface area contributed by atoms with E-state index in [0.717, 1.165) is 11.1 Å². The van der Waals surface area contributed by atoms with Crippen LogP contribution in [0.3, 0.4) is 0 Å². The summed E-state index contributed by atoms with van der Waals surface area (Å²) >= 11 is 0. The topological polar surface area (TPSA) is 129 Å². The van der Waals surface area contributed by atoms with Crippen LogP contribution in [0.2, 0.25) is 0 Å². The molecular formula is C30H40N2O8. The lowest BCUT2D eigenvalue weighted by atomic mass is 9.98. The Kier molecular flexibility index (Phi) is 13.3. The van der Waals surface area contributed by atoms with Crippen LogP contribution in [0.25, 0.3) is 0 Å². The van der Waals surface area contributed by atoms with Crippen molar-refractivity contribution in [3.8, 4) is 0 Å². The highest BCUT2D eigenvalue weighted by Gasteiger charge is 2.40. The van der Waals surface area contributed by atoms with E-state index in [-0.39, 0.29) is 13.0 Å². The maximum absolute atomic E-state index is 13.5. The third kappa shape index (κ3) is 10.1. The second kappa shape index (κ2) is 16.4. The van der Waals surface area contributed by atoms with Crippen LogP contribution in [-0.4, -0.2) is 68.4 Å². The molecule has 2 aromatic carbocycles. The number of benzene rings is 2. The quantitative estimate of drug-likeness (QED) is 0.251. The summed E-state index contributed by atoms with van der Waals surface area (Å²) in [6, 6.07) is 15.9. The number of esters is 3. The van der Waals surface area contributed by atoms with Crippen LogP contribution in [0.5, 0.6) is 0 Å². The zero-order valence-electron chi connectivity index (χ0n) is 23.9. The fourth-order valence-electron chi connectivity index (χ4n) is 4.01. The SMILES string of the molecule is CN[C@H](C(=O)O[C@H](C(C)C)[C@H](NC(C)=O)C(=O)O[C@H](Cc1ccccc1)C(=O)OCc1ccccc1)[C@@H](C)OC. The van der Waals surface area contributed by atoms with Crippen molar-refractivity contribution in [2.75, 3.05) is 14.2 Å². The Morgan fingerprint density at radius 1 is 0.775 bits per heavy atom. The number of ether oxygens (including phenoxy) is 4. The van der Waals surface area contributed by atoms with Gasteiger partial charge in [0.1, 0.15) is 18.8 Å². The van der Waals surface area contributed by atoms with Gasteiger partial charge in [-0.05, 0) is 31.0 Å². The van der Waals surface area contributed by atoms with Crippen LogP contribution >= 0.6 is 0 Å². The molecule has 2 aromatic rings. The molecule has 1 amide bonds. The van der Waals surface area contributed by atoms with Gasteiger partial charge in [-0.2, -0.15) is 0 Å². The first-order chi connectivity index (χ1) is 19.1. The summed E-state index contributed by atoms with van der Waals surface area (Å²) in [5.41, 5.74) is 1.51. The lowest BCUT2D eigenvalue weighted by molar-refractivity contribution is -0.176. The molecule has 218 valence electrons. The predicted molar refractivity (Wildman–Crippen MR) is 148 cm³/mol. The number of carbonyl (C=O) groups excluding carboxylic acids is 4. The van der Waals surface area contributed by atoms with Gasteiger partial charge in [-0.15, -0.1) is 0 Å². The van der Waals surface area contributed by atoms with E-state index in [4.69, 9.17) is 18.9 Å². The normalized spacial score (nSPS) is 14.8. The Balaban J connectivity index is 2.30. The van der Waals surface area contributed by atoms with Crippen LogP contribution < -0.4 is 10.6 Å². The van der Waals surface area contributed by atoms with E-state index >= 15 is 0 Å². The van der Waals surface area contributed by atoms with Crippen LogP contribution in [0.15, 0.2) is 60.7 Å². The first-order valence-electron chi connectivity index (χ1n) is 13.2. The van der Waals surface area contributed by atoms with Gasteiger partial charge in [0.2, 0.25) is 12.0 Å². The summed E-state index contributed by atoms with van der Waals surface area (Å²) in [6.07, 6.45) is -2.88. The average Bonchev–Trinajstić information content (AvgIpc) is 2.94. The van der Waals surface area contributed by atoms with Crippen LogP contribution in [0.1, 0.15) is 38.8 Å². The minimum Gasteiger partial charge on any atom is -0.458 e. The van der Waals surface area contributed by atoms with E-state index in [1.165, 1.54) is 14.0 Å². The van der Waals surface area contributed by atoms with Crippen molar-refractivity contribution in [1.82, 2.24) is 10.6 Å². The third-order valence-electron chi connectivity index (χ3n) is 6.27. The van der Waals surface area contributed by atoms with Gasteiger partial charge < -0.3 is 29.6 Å². The molecule has 0 aliphatic rings. The fraction of sp³-hybridized carbons (Fsp3) is 0.467. The van der Waals surface area contributed by atoms with Crippen molar-refractivity contribution >= 4 is 23.8 Å². The molecule has 0 saturated carbocycles. The molecule has 40 heavy (non-hydrogen) atoms. The summed E-state index contributed by atoms with van der Waals surface area (Å²) in [5.74, 6) is -3.28. The molecule has 0 bridgehead atoms. The lowest BCUT2D eigenvalue weighted by Gasteiger charge is -2.32. The smallest absolute Gasteiger partial charge is 0.348 e. The maximum atomic E-state index is 13.5. The zero-order valence-corrected chi connectivity index (χ0v) is 23.9. The Morgan fingerprint density at radius 3 is 1.82 bits per heavy atom. The molecule has 0 aliphatic carbocycles. The van der Waals surface area contributed by atoms with Crippen molar-refractivity contribution in [1.29, 1.82) is 0 Å². The second-order valence-corrected chi connectivity index (χ2v) is 9.74. The molecule has 0 radical (unpaired) electrons. The van der Waals surface area contributed by atoms with E-state index in [0.29, 0.717) is 0 Å². The van der Waals surface area contributed by atoms with Gasteiger partial charge in [0, 0.05) is 20.5 Å². The summed E-state index contributed by atoms with van der Waals surface area (Å²) in [6.45, 7) is 6.40. The van der Waals surface area contributed by atoms with Crippen molar-refractivity contribution < 1.29 is 38.1 Å². The van der Waals surface area contributed by atoms with Gasteiger partial charge in [0.25, 0.3) is 0 Å². The molecular weight excluding hydrogens is 516 g/mol. The Hall–Kier alpha value is -3.76. The van der Waals surface area contributed by atoms with Crippen molar-refractivity contribution in [2.45, 2.75) is 71.1 Å². The van der Waals surface area contributed by atoms with Crippen LogP contribution in [0, 0.1) is 5.92 Å². The molecule has 0 heterocycles. The maximum Gasteiger partial charge on any atom is 0.348 e. The number of likely N-dealkylation sites (N-methyl/N-ethyl adjacent to an activating group) is 1. The highest BCUT2D eigenvalue weighted by atomic mass is 16.6. The Labute approximate surface area is 235 Å². The van der Waals surface area contributed by atoms with Crippen molar-refractivity contribution in [2.24, 2.45) is 5.92 Å². The molecule has 0 unspecified atom stereocenters. The monoisotopic (exact) mass is 556 g/mol. The molecule has 0 spiro atoms. The summed E-state index contributed by atoms with van der Waals surface area (Å²) in [5, 5.41) is 5.38. The Bertz CT molecular complexity index is 1090. The molecule has 10 nitrogen and oxygen atoms in total.